The quantitative estimate of drug-likeness (QED) is 0.733. The summed E-state index contributed by atoms with van der Waals surface area (Å²) < 4.78 is 14.7. The summed E-state index contributed by atoms with van der Waals surface area (Å²) in [5, 5.41) is 4.29. The van der Waals surface area contributed by atoms with Crippen molar-refractivity contribution in [3.63, 3.8) is 0 Å². The molecule has 0 atom stereocenters. The number of halogens is 1. The summed E-state index contributed by atoms with van der Waals surface area (Å²) in [6.07, 6.45) is 1.73. The molecule has 3 rings (SSSR count). The van der Waals surface area contributed by atoms with Crippen LogP contribution < -0.4 is 4.90 Å². The van der Waals surface area contributed by atoms with E-state index in [9.17, 15) is 4.39 Å². The molecule has 0 aliphatic heterocycles. The minimum absolute atomic E-state index is 0.217. The van der Waals surface area contributed by atoms with Crippen LogP contribution in [0.3, 0.4) is 0 Å². The number of nitrogens with zero attached hydrogens (tertiary/aromatic N) is 4. The van der Waals surface area contributed by atoms with Crippen LogP contribution in [0.4, 0.5) is 10.2 Å². The van der Waals surface area contributed by atoms with E-state index in [1.807, 2.05) is 26.1 Å². The number of aromatic nitrogens is 3. The van der Waals surface area contributed by atoms with Gasteiger partial charge < -0.3 is 4.90 Å². The van der Waals surface area contributed by atoms with Gasteiger partial charge in [0.15, 0.2) is 5.65 Å². The number of hydrogen-bond acceptors (Lipinski definition) is 3. The summed E-state index contributed by atoms with van der Waals surface area (Å²) >= 11 is 0. The predicted octanol–water partition coefficient (Wildman–Crippen LogP) is 2.81. The zero-order valence-corrected chi connectivity index (χ0v) is 11.4. The second-order valence-electron chi connectivity index (χ2n) is 4.84. The lowest BCUT2D eigenvalue weighted by Gasteiger charge is -2.20. The lowest BCUT2D eigenvalue weighted by molar-refractivity contribution is 0.627. The second-order valence-corrected chi connectivity index (χ2v) is 4.84. The monoisotopic (exact) mass is 270 g/mol. The first-order valence-corrected chi connectivity index (χ1v) is 6.40. The molecule has 0 radical (unpaired) electrons. The molecule has 3 aromatic rings. The van der Waals surface area contributed by atoms with Crippen LogP contribution in [0.2, 0.25) is 0 Å². The molecular formula is C15H15FN4. The highest BCUT2D eigenvalue weighted by atomic mass is 19.1. The summed E-state index contributed by atoms with van der Waals surface area (Å²) in [5.41, 5.74) is 2.81. The van der Waals surface area contributed by atoms with Crippen molar-refractivity contribution in [2.75, 3.05) is 11.9 Å². The molecule has 2 aromatic heterocycles. The van der Waals surface area contributed by atoms with E-state index in [0.29, 0.717) is 6.54 Å². The lowest BCUT2D eigenvalue weighted by Crippen LogP contribution is -2.20. The number of fused-ring (bicyclic) bond motifs is 1. The number of aryl methyl sites for hydroxylation is 1. The van der Waals surface area contributed by atoms with Crippen molar-refractivity contribution in [2.45, 2.75) is 13.5 Å². The number of benzene rings is 1. The van der Waals surface area contributed by atoms with E-state index in [1.165, 1.54) is 12.1 Å². The predicted molar refractivity (Wildman–Crippen MR) is 76.2 cm³/mol. The molecule has 0 spiro atoms. The van der Waals surface area contributed by atoms with Crippen LogP contribution in [0, 0.1) is 12.7 Å². The van der Waals surface area contributed by atoms with E-state index in [1.54, 1.807) is 22.8 Å². The third-order valence-electron chi connectivity index (χ3n) is 3.19. The molecule has 5 heteroatoms. The fraction of sp³-hybridized carbons (Fsp3) is 0.200. The maximum absolute atomic E-state index is 12.9. The number of anilines is 1. The van der Waals surface area contributed by atoms with Crippen molar-refractivity contribution in [3.8, 4) is 0 Å². The Kier molecular flexibility index (Phi) is 3.10. The van der Waals surface area contributed by atoms with Crippen molar-refractivity contribution >= 4 is 11.5 Å². The maximum atomic E-state index is 12.9. The molecule has 2 heterocycles. The van der Waals surface area contributed by atoms with Crippen molar-refractivity contribution < 1.29 is 4.39 Å². The smallest absolute Gasteiger partial charge is 0.157 e. The Morgan fingerprint density at radius 3 is 2.70 bits per heavy atom. The third kappa shape index (κ3) is 2.34. The molecule has 0 aliphatic rings. The Morgan fingerprint density at radius 2 is 1.95 bits per heavy atom. The summed E-state index contributed by atoms with van der Waals surface area (Å²) in [7, 11) is 1.99. The molecule has 0 bridgehead atoms. The zero-order chi connectivity index (χ0) is 14.1. The molecule has 0 aliphatic carbocycles. The Balaban J connectivity index is 1.93. The van der Waals surface area contributed by atoms with E-state index >= 15 is 0 Å². The fourth-order valence-electron chi connectivity index (χ4n) is 2.24. The largest absolute Gasteiger partial charge is 0.355 e. The molecule has 0 saturated heterocycles. The van der Waals surface area contributed by atoms with Crippen LogP contribution in [0.1, 0.15) is 11.3 Å². The summed E-state index contributed by atoms with van der Waals surface area (Å²) in [6, 6.07) is 10.4. The molecule has 4 nitrogen and oxygen atoms in total. The van der Waals surface area contributed by atoms with Crippen LogP contribution >= 0.6 is 0 Å². The van der Waals surface area contributed by atoms with Gasteiger partial charge in [0.1, 0.15) is 11.6 Å². The highest BCUT2D eigenvalue weighted by Gasteiger charge is 2.09. The second kappa shape index (κ2) is 4.92. The first kappa shape index (κ1) is 12.6. The highest BCUT2D eigenvalue weighted by molar-refractivity contribution is 5.50. The molecule has 0 unspecified atom stereocenters. The van der Waals surface area contributed by atoms with E-state index in [4.69, 9.17) is 0 Å². The summed E-state index contributed by atoms with van der Waals surface area (Å²) in [6.45, 7) is 2.64. The normalized spacial score (nSPS) is 10.9. The van der Waals surface area contributed by atoms with E-state index in [-0.39, 0.29) is 5.82 Å². The van der Waals surface area contributed by atoms with Crippen LogP contribution in [-0.2, 0) is 6.54 Å². The van der Waals surface area contributed by atoms with Crippen molar-refractivity contribution in [3.05, 3.63) is 59.7 Å². The first-order chi connectivity index (χ1) is 9.63. The van der Waals surface area contributed by atoms with Gasteiger partial charge in [-0.1, -0.05) is 12.1 Å². The van der Waals surface area contributed by atoms with Crippen LogP contribution in [0.25, 0.3) is 5.65 Å². The van der Waals surface area contributed by atoms with E-state index in [0.717, 1.165) is 22.7 Å². The summed E-state index contributed by atoms with van der Waals surface area (Å²) in [5.74, 6) is 0.743. The van der Waals surface area contributed by atoms with Crippen molar-refractivity contribution in [2.24, 2.45) is 0 Å². The minimum Gasteiger partial charge on any atom is -0.355 e. The van der Waals surface area contributed by atoms with Gasteiger partial charge >= 0.3 is 0 Å². The minimum atomic E-state index is -0.217. The molecule has 20 heavy (non-hydrogen) atoms. The fourth-order valence-corrected chi connectivity index (χ4v) is 2.24. The van der Waals surface area contributed by atoms with Gasteiger partial charge in [-0.2, -0.15) is 9.61 Å². The van der Waals surface area contributed by atoms with Gasteiger partial charge in [-0.05, 0) is 24.6 Å². The van der Waals surface area contributed by atoms with Gasteiger partial charge in [-0.15, -0.1) is 0 Å². The third-order valence-corrected chi connectivity index (χ3v) is 3.19. The molecule has 1 aromatic carbocycles. The zero-order valence-electron chi connectivity index (χ0n) is 11.4. The Bertz CT molecular complexity index is 733. The van der Waals surface area contributed by atoms with Gasteiger partial charge in [0.25, 0.3) is 0 Å². The van der Waals surface area contributed by atoms with Crippen LogP contribution in [0.15, 0.2) is 42.6 Å². The summed E-state index contributed by atoms with van der Waals surface area (Å²) in [4.78, 5) is 6.49. The Hall–Kier alpha value is -2.43. The Labute approximate surface area is 116 Å². The highest BCUT2D eigenvalue weighted by Crippen LogP contribution is 2.18. The average molecular weight is 270 g/mol. The number of hydrogen-bond donors (Lipinski definition) is 0. The topological polar surface area (TPSA) is 33.4 Å². The number of rotatable bonds is 3. The molecule has 0 fully saturated rings. The molecule has 0 N–H and O–H groups in total. The molecule has 102 valence electrons. The molecule has 0 amide bonds. The van der Waals surface area contributed by atoms with Crippen molar-refractivity contribution in [1.29, 1.82) is 0 Å². The van der Waals surface area contributed by atoms with Crippen LogP contribution in [-0.4, -0.2) is 21.6 Å². The van der Waals surface area contributed by atoms with E-state index in [2.05, 4.69) is 15.0 Å². The van der Waals surface area contributed by atoms with E-state index < -0.39 is 0 Å². The lowest BCUT2D eigenvalue weighted by atomic mass is 10.2. The van der Waals surface area contributed by atoms with Gasteiger partial charge in [0.05, 0.1) is 6.20 Å². The maximum Gasteiger partial charge on any atom is 0.157 e. The first-order valence-electron chi connectivity index (χ1n) is 6.40. The molecular weight excluding hydrogens is 255 g/mol. The van der Waals surface area contributed by atoms with Gasteiger partial charge in [0.2, 0.25) is 0 Å². The average Bonchev–Trinajstić information content (AvgIpc) is 2.88. The van der Waals surface area contributed by atoms with Gasteiger partial charge in [-0.3, -0.25) is 0 Å². The molecule has 0 saturated carbocycles. The Morgan fingerprint density at radius 1 is 1.20 bits per heavy atom. The van der Waals surface area contributed by atoms with Gasteiger partial charge in [-0.25, -0.2) is 9.37 Å². The standard InChI is InChI=1S/C15H15FN4/c1-11-9-15(20-14(18-11)7-8-17-20)19(2)10-12-3-5-13(16)6-4-12/h3-9H,10H2,1-2H3. The SMILES string of the molecule is Cc1cc(N(C)Cc2ccc(F)cc2)n2nccc2n1. The van der Waals surface area contributed by atoms with Gasteiger partial charge in [0, 0.05) is 31.4 Å². The van der Waals surface area contributed by atoms with Crippen molar-refractivity contribution in [1.82, 2.24) is 14.6 Å². The van der Waals surface area contributed by atoms with Crippen LogP contribution in [0.5, 0.6) is 0 Å².